The van der Waals surface area contributed by atoms with Crippen LogP contribution in [0.1, 0.15) is 18.1 Å². The number of nitrogens with zero attached hydrogens (tertiary/aromatic N) is 2. The lowest BCUT2D eigenvalue weighted by Crippen LogP contribution is -2.28. The molecule has 6 nitrogen and oxygen atoms in total. The third-order valence-electron chi connectivity index (χ3n) is 5.28. The molecule has 0 spiro atoms. The number of likely N-dealkylation sites (N-methyl/N-ethyl adjacent to an activating group) is 1. The summed E-state index contributed by atoms with van der Waals surface area (Å²) in [5.74, 6) is 1.87. The predicted octanol–water partition coefficient (Wildman–Crippen LogP) is 6.67. The Kier molecular flexibility index (Phi) is 8.15. The number of thioether (sulfide) groups is 1. The minimum absolute atomic E-state index is 0.0794. The van der Waals surface area contributed by atoms with Crippen LogP contribution in [-0.4, -0.2) is 36.7 Å². The van der Waals surface area contributed by atoms with E-state index >= 15 is 0 Å². The van der Waals surface area contributed by atoms with E-state index in [0.29, 0.717) is 34.7 Å². The highest BCUT2D eigenvalue weighted by molar-refractivity contribution is 9.10. The van der Waals surface area contributed by atoms with Gasteiger partial charge in [0.05, 0.1) is 29.3 Å². The molecular formula is C27H25BrN2O4S. The fraction of sp³-hybridized carbons (Fsp3) is 0.185. The van der Waals surface area contributed by atoms with Gasteiger partial charge >= 0.3 is 0 Å². The van der Waals surface area contributed by atoms with E-state index in [9.17, 15) is 4.79 Å². The van der Waals surface area contributed by atoms with Gasteiger partial charge in [0.15, 0.2) is 16.7 Å². The van der Waals surface area contributed by atoms with Gasteiger partial charge in [-0.1, -0.05) is 30.3 Å². The van der Waals surface area contributed by atoms with Gasteiger partial charge in [-0.3, -0.25) is 9.69 Å². The molecule has 35 heavy (non-hydrogen) atoms. The van der Waals surface area contributed by atoms with E-state index in [0.717, 1.165) is 27.0 Å². The summed E-state index contributed by atoms with van der Waals surface area (Å²) in [7, 11) is 3.22. The van der Waals surface area contributed by atoms with Crippen molar-refractivity contribution in [2.45, 2.75) is 13.5 Å². The smallest absolute Gasteiger partial charge is 0.266 e. The number of rotatable bonds is 8. The van der Waals surface area contributed by atoms with Crippen molar-refractivity contribution >= 4 is 50.5 Å². The van der Waals surface area contributed by atoms with Crippen LogP contribution >= 0.6 is 27.7 Å². The zero-order valence-electron chi connectivity index (χ0n) is 19.7. The topological polar surface area (TPSA) is 60.4 Å². The maximum atomic E-state index is 13.1. The Labute approximate surface area is 217 Å². The van der Waals surface area contributed by atoms with Crippen LogP contribution in [0.25, 0.3) is 6.08 Å². The monoisotopic (exact) mass is 552 g/mol. The second-order valence-corrected chi connectivity index (χ2v) is 9.42. The number of hydrogen-bond acceptors (Lipinski definition) is 6. The van der Waals surface area contributed by atoms with E-state index in [4.69, 9.17) is 14.2 Å². The lowest BCUT2D eigenvalue weighted by atomic mass is 10.1. The molecule has 1 heterocycles. The van der Waals surface area contributed by atoms with Crippen molar-refractivity contribution in [2.75, 3.05) is 20.8 Å². The number of methoxy groups -OCH3 is 2. The van der Waals surface area contributed by atoms with Crippen molar-refractivity contribution in [1.29, 1.82) is 0 Å². The van der Waals surface area contributed by atoms with E-state index in [2.05, 4.69) is 20.9 Å². The van der Waals surface area contributed by atoms with Crippen molar-refractivity contribution in [1.82, 2.24) is 4.90 Å². The molecule has 0 aromatic heterocycles. The first kappa shape index (κ1) is 24.9. The van der Waals surface area contributed by atoms with Gasteiger partial charge in [-0.2, -0.15) is 0 Å². The first-order chi connectivity index (χ1) is 17.0. The number of ether oxygens (including phenoxy) is 3. The average molecular weight is 553 g/mol. The molecule has 0 unspecified atom stereocenters. The summed E-state index contributed by atoms with van der Waals surface area (Å²) in [6.07, 6.45) is 1.85. The molecule has 0 saturated carbocycles. The van der Waals surface area contributed by atoms with Gasteiger partial charge in [-0.05, 0) is 88.2 Å². The van der Waals surface area contributed by atoms with Gasteiger partial charge in [0.1, 0.15) is 12.4 Å². The molecule has 0 radical (unpaired) electrons. The molecule has 0 aliphatic carbocycles. The van der Waals surface area contributed by atoms with Crippen molar-refractivity contribution in [3.8, 4) is 17.2 Å². The maximum absolute atomic E-state index is 13.1. The molecule has 1 aliphatic heterocycles. The largest absolute Gasteiger partial charge is 0.497 e. The van der Waals surface area contributed by atoms with Gasteiger partial charge < -0.3 is 14.2 Å². The molecule has 1 amide bonds. The Bertz CT molecular complexity index is 1260. The van der Waals surface area contributed by atoms with Crippen LogP contribution in [-0.2, 0) is 11.4 Å². The van der Waals surface area contributed by atoms with Crippen molar-refractivity contribution in [3.63, 3.8) is 0 Å². The molecule has 0 bridgehead atoms. The quantitative estimate of drug-likeness (QED) is 0.292. The van der Waals surface area contributed by atoms with Gasteiger partial charge in [0.25, 0.3) is 5.91 Å². The summed E-state index contributed by atoms with van der Waals surface area (Å²) in [6.45, 7) is 2.88. The molecule has 0 N–H and O–H groups in total. The lowest BCUT2D eigenvalue weighted by molar-refractivity contribution is -0.122. The minimum atomic E-state index is -0.0794. The molecule has 8 heteroatoms. The standard InChI is InChI=1S/C27H25BrN2O4S/c1-4-30-26(31)24(35-27(30)29-20-10-12-21(32-2)13-11-20)16-19-14-22(28)25(23(15-19)33-3)34-17-18-8-6-5-7-9-18/h5-16H,4,17H2,1-3H3/b24-16+,29-27?. The molecule has 1 saturated heterocycles. The van der Waals surface area contributed by atoms with Crippen LogP contribution in [0.5, 0.6) is 17.2 Å². The summed E-state index contributed by atoms with van der Waals surface area (Å²) in [5, 5.41) is 0.641. The number of amidine groups is 1. The van der Waals surface area contributed by atoms with Crippen molar-refractivity contribution in [3.05, 3.63) is 87.2 Å². The van der Waals surface area contributed by atoms with Crippen LogP contribution in [0.2, 0.25) is 0 Å². The predicted molar refractivity (Wildman–Crippen MR) is 145 cm³/mol. The van der Waals surface area contributed by atoms with Crippen LogP contribution in [0.3, 0.4) is 0 Å². The zero-order chi connectivity index (χ0) is 24.8. The zero-order valence-corrected chi connectivity index (χ0v) is 22.1. The number of aliphatic imine (C=N–C) groups is 1. The molecule has 3 aromatic carbocycles. The fourth-order valence-corrected chi connectivity index (χ4v) is 5.12. The Balaban J connectivity index is 1.58. The molecule has 3 aromatic rings. The number of carbonyl (C=O) groups excluding carboxylic acids is 1. The summed E-state index contributed by atoms with van der Waals surface area (Å²) in [5.41, 5.74) is 2.63. The summed E-state index contributed by atoms with van der Waals surface area (Å²) >= 11 is 4.95. The van der Waals surface area contributed by atoms with Crippen molar-refractivity contribution in [2.24, 2.45) is 4.99 Å². The highest BCUT2D eigenvalue weighted by Crippen LogP contribution is 2.40. The van der Waals surface area contributed by atoms with Crippen LogP contribution in [0.15, 0.2) is 81.1 Å². The molecule has 1 fully saturated rings. The summed E-state index contributed by atoms with van der Waals surface area (Å²) < 4.78 is 17.6. The van der Waals surface area contributed by atoms with E-state index in [-0.39, 0.29) is 5.91 Å². The van der Waals surface area contributed by atoms with Crippen LogP contribution in [0, 0.1) is 0 Å². The Morgan fingerprint density at radius 1 is 1.03 bits per heavy atom. The molecule has 0 atom stereocenters. The van der Waals surface area contributed by atoms with Gasteiger partial charge in [-0.15, -0.1) is 0 Å². The number of hydrogen-bond donors (Lipinski definition) is 0. The minimum Gasteiger partial charge on any atom is -0.497 e. The molecule has 4 rings (SSSR count). The molecular weight excluding hydrogens is 528 g/mol. The third kappa shape index (κ3) is 5.89. The number of halogens is 1. The second kappa shape index (κ2) is 11.5. The van der Waals surface area contributed by atoms with E-state index in [1.165, 1.54) is 11.8 Å². The average Bonchev–Trinajstić information content (AvgIpc) is 3.17. The summed E-state index contributed by atoms with van der Waals surface area (Å²) in [4.78, 5) is 20.0. The second-order valence-electron chi connectivity index (χ2n) is 7.56. The van der Waals surface area contributed by atoms with Crippen LogP contribution in [0.4, 0.5) is 5.69 Å². The van der Waals surface area contributed by atoms with Crippen molar-refractivity contribution < 1.29 is 19.0 Å². The molecule has 1 aliphatic rings. The Morgan fingerprint density at radius 3 is 2.43 bits per heavy atom. The Morgan fingerprint density at radius 2 is 1.77 bits per heavy atom. The highest BCUT2D eigenvalue weighted by atomic mass is 79.9. The first-order valence-corrected chi connectivity index (χ1v) is 12.6. The fourth-order valence-electron chi connectivity index (χ4n) is 3.48. The first-order valence-electron chi connectivity index (χ1n) is 11.0. The van der Waals surface area contributed by atoms with E-state index in [1.807, 2.05) is 79.7 Å². The van der Waals surface area contributed by atoms with E-state index in [1.54, 1.807) is 19.1 Å². The normalized spacial score (nSPS) is 15.7. The lowest BCUT2D eigenvalue weighted by Gasteiger charge is -2.14. The summed E-state index contributed by atoms with van der Waals surface area (Å²) in [6, 6.07) is 21.1. The third-order valence-corrected chi connectivity index (χ3v) is 6.87. The molecule has 180 valence electrons. The van der Waals surface area contributed by atoms with Gasteiger partial charge in [0.2, 0.25) is 0 Å². The Hall–Kier alpha value is -3.23. The van der Waals surface area contributed by atoms with Gasteiger partial charge in [0, 0.05) is 6.54 Å². The van der Waals surface area contributed by atoms with Gasteiger partial charge in [-0.25, -0.2) is 4.99 Å². The SMILES string of the molecule is CCN1C(=O)/C(=C\c2cc(Br)c(OCc3ccccc3)c(OC)c2)SC1=Nc1ccc(OC)cc1. The highest BCUT2D eigenvalue weighted by Gasteiger charge is 2.32. The number of benzene rings is 3. The number of amides is 1. The maximum Gasteiger partial charge on any atom is 0.266 e. The van der Waals surface area contributed by atoms with E-state index < -0.39 is 0 Å². The number of carbonyl (C=O) groups is 1. The van der Waals surface area contributed by atoms with Crippen LogP contribution < -0.4 is 14.2 Å².